The summed E-state index contributed by atoms with van der Waals surface area (Å²) in [5.74, 6) is 1.36. The molecule has 0 unspecified atom stereocenters. The summed E-state index contributed by atoms with van der Waals surface area (Å²) in [5.41, 5.74) is 1.88. The topological polar surface area (TPSA) is 76.1 Å². The zero-order chi connectivity index (χ0) is 13.8. The lowest BCUT2D eigenvalue weighted by molar-refractivity contribution is 0.244. The third-order valence-electron chi connectivity index (χ3n) is 2.86. The Morgan fingerprint density at radius 3 is 2.35 bits per heavy atom. The van der Waals surface area contributed by atoms with E-state index >= 15 is 0 Å². The number of furan rings is 1. The van der Waals surface area contributed by atoms with Crippen molar-refractivity contribution >= 4 is 5.69 Å². The number of aromatic nitrogens is 3. The van der Waals surface area contributed by atoms with Gasteiger partial charge in [0.2, 0.25) is 0 Å². The first-order valence-electron chi connectivity index (χ1n) is 6.24. The Bertz CT molecular complexity index is 659. The molecule has 2 heterocycles. The van der Waals surface area contributed by atoms with E-state index in [9.17, 15) is 0 Å². The number of nitrogens with one attached hydrogen (secondary N) is 1. The number of hydrogen-bond donors (Lipinski definition) is 2. The average molecular weight is 270 g/mol. The standard InChI is InChI=1S/C14H14N4O2/c19-10-14-6-5-13(20-14)9-15-11-1-3-12(4-2-11)18-16-7-8-17-18/h1-8,15,19H,9-10H2. The normalized spacial score (nSPS) is 10.7. The van der Waals surface area contributed by atoms with Crippen LogP contribution in [-0.2, 0) is 13.2 Å². The Morgan fingerprint density at radius 2 is 1.70 bits per heavy atom. The second-order valence-corrected chi connectivity index (χ2v) is 4.25. The fraction of sp³-hybridized carbons (Fsp3) is 0.143. The van der Waals surface area contributed by atoms with E-state index in [4.69, 9.17) is 9.52 Å². The number of rotatable bonds is 5. The number of aliphatic hydroxyl groups is 1. The number of nitrogens with zero attached hydrogens (tertiary/aromatic N) is 3. The molecule has 20 heavy (non-hydrogen) atoms. The molecule has 0 aliphatic heterocycles. The fourth-order valence-corrected chi connectivity index (χ4v) is 1.85. The van der Waals surface area contributed by atoms with Gasteiger partial charge in [-0.15, -0.1) is 0 Å². The Balaban J connectivity index is 1.63. The van der Waals surface area contributed by atoms with Crippen LogP contribution in [0.15, 0.2) is 53.2 Å². The smallest absolute Gasteiger partial charge is 0.129 e. The molecule has 0 bridgehead atoms. The molecule has 6 heteroatoms. The molecule has 0 aliphatic carbocycles. The van der Waals surface area contributed by atoms with Gasteiger partial charge in [-0.2, -0.15) is 15.0 Å². The van der Waals surface area contributed by atoms with E-state index in [0.29, 0.717) is 12.3 Å². The third kappa shape index (κ3) is 2.70. The van der Waals surface area contributed by atoms with Crippen molar-refractivity contribution in [1.82, 2.24) is 15.0 Å². The lowest BCUT2D eigenvalue weighted by atomic mass is 10.3. The van der Waals surface area contributed by atoms with Crippen LogP contribution in [0.25, 0.3) is 5.69 Å². The molecular formula is C14H14N4O2. The molecule has 2 aromatic heterocycles. The lowest BCUT2D eigenvalue weighted by Crippen LogP contribution is -2.00. The van der Waals surface area contributed by atoms with Gasteiger partial charge in [0.05, 0.1) is 24.6 Å². The highest BCUT2D eigenvalue weighted by atomic mass is 16.4. The van der Waals surface area contributed by atoms with Gasteiger partial charge in [-0.25, -0.2) is 0 Å². The van der Waals surface area contributed by atoms with Gasteiger partial charge in [0, 0.05) is 5.69 Å². The summed E-state index contributed by atoms with van der Waals surface area (Å²) in [6, 6.07) is 11.4. The molecule has 0 spiro atoms. The van der Waals surface area contributed by atoms with Crippen LogP contribution in [0, 0.1) is 0 Å². The molecular weight excluding hydrogens is 256 g/mol. The number of aliphatic hydroxyl groups excluding tert-OH is 1. The van der Waals surface area contributed by atoms with Gasteiger partial charge in [0.1, 0.15) is 18.1 Å². The molecule has 0 fully saturated rings. The van der Waals surface area contributed by atoms with E-state index in [1.54, 1.807) is 23.3 Å². The van der Waals surface area contributed by atoms with E-state index < -0.39 is 0 Å². The van der Waals surface area contributed by atoms with E-state index in [-0.39, 0.29) is 6.61 Å². The first-order valence-corrected chi connectivity index (χ1v) is 6.24. The van der Waals surface area contributed by atoms with Crippen LogP contribution in [0.4, 0.5) is 5.69 Å². The summed E-state index contributed by atoms with van der Waals surface area (Å²) in [7, 11) is 0. The fourth-order valence-electron chi connectivity index (χ4n) is 1.85. The maximum atomic E-state index is 8.93. The predicted octanol–water partition coefficient (Wildman–Crippen LogP) is 1.96. The van der Waals surface area contributed by atoms with E-state index in [1.165, 1.54) is 0 Å². The number of benzene rings is 1. The molecule has 0 saturated carbocycles. The molecule has 3 aromatic rings. The zero-order valence-corrected chi connectivity index (χ0v) is 10.7. The molecule has 102 valence electrons. The van der Waals surface area contributed by atoms with Crippen molar-refractivity contribution in [2.45, 2.75) is 13.2 Å². The molecule has 0 radical (unpaired) electrons. The quantitative estimate of drug-likeness (QED) is 0.741. The molecule has 0 aliphatic rings. The largest absolute Gasteiger partial charge is 0.462 e. The van der Waals surface area contributed by atoms with Crippen LogP contribution in [0.3, 0.4) is 0 Å². The van der Waals surface area contributed by atoms with Gasteiger partial charge in [-0.05, 0) is 36.4 Å². The highest BCUT2D eigenvalue weighted by Crippen LogP contribution is 2.14. The molecule has 6 nitrogen and oxygen atoms in total. The van der Waals surface area contributed by atoms with Gasteiger partial charge < -0.3 is 14.8 Å². The Morgan fingerprint density at radius 1 is 1.00 bits per heavy atom. The predicted molar refractivity (Wildman–Crippen MR) is 73.3 cm³/mol. The molecule has 3 rings (SSSR count). The minimum Gasteiger partial charge on any atom is -0.462 e. The van der Waals surface area contributed by atoms with Gasteiger partial charge in [0.25, 0.3) is 0 Å². The van der Waals surface area contributed by atoms with E-state index in [0.717, 1.165) is 17.1 Å². The maximum absolute atomic E-state index is 8.93. The third-order valence-corrected chi connectivity index (χ3v) is 2.86. The summed E-state index contributed by atoms with van der Waals surface area (Å²) in [5, 5.41) is 20.3. The second kappa shape index (κ2) is 5.58. The summed E-state index contributed by atoms with van der Waals surface area (Å²) >= 11 is 0. The minimum atomic E-state index is -0.0778. The summed E-state index contributed by atoms with van der Waals surface area (Å²) in [6.45, 7) is 0.491. The Labute approximate surface area is 115 Å². The monoisotopic (exact) mass is 270 g/mol. The molecule has 2 N–H and O–H groups in total. The Hall–Kier alpha value is -2.60. The first-order chi connectivity index (χ1) is 9.85. The van der Waals surface area contributed by atoms with E-state index in [2.05, 4.69) is 15.5 Å². The molecule has 0 saturated heterocycles. The average Bonchev–Trinajstić information content (AvgIpc) is 3.17. The van der Waals surface area contributed by atoms with Crippen LogP contribution in [0.5, 0.6) is 0 Å². The van der Waals surface area contributed by atoms with Crippen LogP contribution in [-0.4, -0.2) is 20.1 Å². The number of hydrogen-bond acceptors (Lipinski definition) is 5. The van der Waals surface area contributed by atoms with Crippen molar-refractivity contribution in [1.29, 1.82) is 0 Å². The second-order valence-electron chi connectivity index (χ2n) is 4.25. The van der Waals surface area contributed by atoms with Crippen LogP contribution >= 0.6 is 0 Å². The maximum Gasteiger partial charge on any atom is 0.129 e. The van der Waals surface area contributed by atoms with Crippen molar-refractivity contribution in [3.05, 3.63) is 60.3 Å². The van der Waals surface area contributed by atoms with Crippen molar-refractivity contribution in [2.24, 2.45) is 0 Å². The lowest BCUT2D eigenvalue weighted by Gasteiger charge is -2.05. The van der Waals surface area contributed by atoms with Gasteiger partial charge >= 0.3 is 0 Å². The SMILES string of the molecule is OCc1ccc(CNc2ccc(-n3nccn3)cc2)o1. The van der Waals surface area contributed by atoms with Crippen molar-refractivity contribution < 1.29 is 9.52 Å². The summed E-state index contributed by atoms with van der Waals surface area (Å²) < 4.78 is 5.40. The van der Waals surface area contributed by atoms with Crippen molar-refractivity contribution in [2.75, 3.05) is 5.32 Å². The minimum absolute atomic E-state index is 0.0778. The molecule has 0 atom stereocenters. The number of anilines is 1. The zero-order valence-electron chi connectivity index (χ0n) is 10.7. The Kier molecular flexibility index (Phi) is 3.47. The molecule has 1 aromatic carbocycles. The summed E-state index contributed by atoms with van der Waals surface area (Å²) in [6.07, 6.45) is 3.28. The molecule has 0 amide bonds. The highest BCUT2D eigenvalue weighted by molar-refractivity contribution is 5.48. The van der Waals surface area contributed by atoms with Gasteiger partial charge in [-0.3, -0.25) is 0 Å². The van der Waals surface area contributed by atoms with Crippen LogP contribution in [0.2, 0.25) is 0 Å². The van der Waals surface area contributed by atoms with Gasteiger partial charge in [0.15, 0.2) is 0 Å². The highest BCUT2D eigenvalue weighted by Gasteiger charge is 2.02. The van der Waals surface area contributed by atoms with Crippen molar-refractivity contribution in [3.63, 3.8) is 0 Å². The van der Waals surface area contributed by atoms with Gasteiger partial charge in [-0.1, -0.05) is 0 Å². The summed E-state index contributed by atoms with van der Waals surface area (Å²) in [4.78, 5) is 1.56. The van der Waals surface area contributed by atoms with Crippen LogP contribution < -0.4 is 5.32 Å². The van der Waals surface area contributed by atoms with Crippen molar-refractivity contribution in [3.8, 4) is 5.69 Å². The van der Waals surface area contributed by atoms with Crippen LogP contribution in [0.1, 0.15) is 11.5 Å². The first kappa shape index (κ1) is 12.4. The van der Waals surface area contributed by atoms with E-state index in [1.807, 2.05) is 30.3 Å².